The number of carbonyl (C=O) groups is 1. The maximum atomic E-state index is 11.4. The largest absolute Gasteiger partial charge is 0.482 e. The molecule has 1 fully saturated rings. The van der Waals surface area contributed by atoms with Crippen molar-refractivity contribution >= 4 is 5.97 Å². The van der Waals surface area contributed by atoms with E-state index in [-0.39, 0.29) is 12.1 Å². The molecule has 25 heavy (non-hydrogen) atoms. The highest BCUT2D eigenvalue weighted by atomic mass is 16.6. The molecule has 0 spiro atoms. The van der Waals surface area contributed by atoms with Crippen LogP contribution in [-0.2, 0) is 4.79 Å². The van der Waals surface area contributed by atoms with Gasteiger partial charge in [0.2, 0.25) is 0 Å². The molecule has 1 aliphatic rings. The topological polar surface area (TPSA) is 47.6 Å². The molecule has 2 atom stereocenters. The van der Waals surface area contributed by atoms with Crippen LogP contribution in [0.3, 0.4) is 0 Å². The minimum atomic E-state index is -0.346. The second-order valence-electron chi connectivity index (χ2n) is 6.44. The first-order chi connectivity index (χ1) is 12.2. The summed E-state index contributed by atoms with van der Waals surface area (Å²) in [6.07, 6.45) is 4.45. The van der Waals surface area contributed by atoms with Crippen molar-refractivity contribution in [1.29, 1.82) is 0 Å². The molecule has 1 saturated heterocycles. The van der Waals surface area contributed by atoms with Gasteiger partial charge in [0.1, 0.15) is 6.10 Å². The van der Waals surface area contributed by atoms with E-state index >= 15 is 0 Å². The lowest BCUT2D eigenvalue weighted by molar-refractivity contribution is -0.132. The third-order valence-corrected chi connectivity index (χ3v) is 4.45. The van der Waals surface area contributed by atoms with Gasteiger partial charge < -0.3 is 14.8 Å². The van der Waals surface area contributed by atoms with Gasteiger partial charge in [0.15, 0.2) is 11.5 Å². The lowest BCUT2D eigenvalue weighted by Gasteiger charge is -2.29. The van der Waals surface area contributed by atoms with Gasteiger partial charge in [-0.3, -0.25) is 4.79 Å². The van der Waals surface area contributed by atoms with Gasteiger partial charge in [-0.05, 0) is 37.1 Å². The minimum absolute atomic E-state index is 0.0893. The van der Waals surface area contributed by atoms with Crippen molar-refractivity contribution in [2.75, 3.05) is 6.54 Å². The molecule has 0 bridgehead atoms. The molecule has 1 aliphatic heterocycles. The molecule has 0 saturated carbocycles. The van der Waals surface area contributed by atoms with Crippen molar-refractivity contribution < 1.29 is 14.3 Å². The van der Waals surface area contributed by atoms with Gasteiger partial charge in [0.25, 0.3) is 0 Å². The number of ether oxygens (including phenoxy) is 2. The summed E-state index contributed by atoms with van der Waals surface area (Å²) < 4.78 is 11.6. The van der Waals surface area contributed by atoms with Crippen LogP contribution in [0.4, 0.5) is 0 Å². The van der Waals surface area contributed by atoms with Crippen LogP contribution in [0, 0.1) is 0 Å². The highest BCUT2D eigenvalue weighted by molar-refractivity contribution is 5.70. The molecule has 2 unspecified atom stereocenters. The summed E-state index contributed by atoms with van der Waals surface area (Å²) in [5.74, 6) is 0.719. The Morgan fingerprint density at radius 2 is 1.80 bits per heavy atom. The van der Waals surface area contributed by atoms with Crippen molar-refractivity contribution in [2.24, 2.45) is 0 Å². The Bertz CT molecular complexity index is 681. The van der Waals surface area contributed by atoms with Crippen LogP contribution in [0.25, 0.3) is 0 Å². The zero-order chi connectivity index (χ0) is 17.5. The molecule has 0 aliphatic carbocycles. The fourth-order valence-corrected chi connectivity index (χ4v) is 3.24. The molecular weight excluding hydrogens is 314 g/mol. The Kier molecular flexibility index (Phi) is 6.07. The van der Waals surface area contributed by atoms with E-state index in [1.807, 2.05) is 36.4 Å². The van der Waals surface area contributed by atoms with Crippen molar-refractivity contribution in [1.82, 2.24) is 5.32 Å². The van der Waals surface area contributed by atoms with Gasteiger partial charge >= 0.3 is 5.97 Å². The average Bonchev–Trinajstić information content (AvgIpc) is 2.64. The maximum absolute atomic E-state index is 11.4. The molecule has 2 aromatic carbocycles. The van der Waals surface area contributed by atoms with Crippen molar-refractivity contribution in [3.63, 3.8) is 0 Å². The van der Waals surface area contributed by atoms with Crippen molar-refractivity contribution in [3.05, 3.63) is 60.2 Å². The van der Waals surface area contributed by atoms with E-state index in [4.69, 9.17) is 9.47 Å². The maximum Gasteiger partial charge on any atom is 0.308 e. The first kappa shape index (κ1) is 17.5. The molecular formula is C21H25NO3. The van der Waals surface area contributed by atoms with E-state index in [1.165, 1.54) is 19.8 Å². The number of piperidine rings is 1. The Balaban J connectivity index is 1.81. The molecule has 132 valence electrons. The van der Waals surface area contributed by atoms with Crippen LogP contribution >= 0.6 is 0 Å². The van der Waals surface area contributed by atoms with E-state index in [0.29, 0.717) is 17.5 Å². The number of rotatable bonds is 6. The van der Waals surface area contributed by atoms with Gasteiger partial charge in [-0.25, -0.2) is 0 Å². The summed E-state index contributed by atoms with van der Waals surface area (Å²) >= 11 is 0. The second-order valence-corrected chi connectivity index (χ2v) is 6.44. The van der Waals surface area contributed by atoms with Crippen molar-refractivity contribution in [3.8, 4) is 11.5 Å². The molecule has 1 heterocycles. The van der Waals surface area contributed by atoms with Crippen LogP contribution in [0.5, 0.6) is 11.5 Å². The van der Waals surface area contributed by atoms with Crippen LogP contribution in [0.2, 0.25) is 0 Å². The standard InChI is InChI=1S/C21H25NO3/c1-16(23)24-19-12-5-6-13-20(19)25-21(17-9-3-2-4-10-17)15-18-11-7-8-14-22-18/h2-6,9-10,12-13,18,21-22H,7-8,11,14-15H2,1H3. The Hall–Kier alpha value is -2.33. The summed E-state index contributed by atoms with van der Waals surface area (Å²) in [6, 6.07) is 18.0. The number of carbonyl (C=O) groups excluding carboxylic acids is 1. The average molecular weight is 339 g/mol. The van der Waals surface area contributed by atoms with Crippen LogP contribution in [0.15, 0.2) is 54.6 Å². The summed E-state index contributed by atoms with van der Waals surface area (Å²) in [4.78, 5) is 11.4. The lowest BCUT2D eigenvalue weighted by Crippen LogP contribution is -2.36. The van der Waals surface area contributed by atoms with E-state index in [1.54, 1.807) is 6.07 Å². The summed E-state index contributed by atoms with van der Waals surface area (Å²) in [5.41, 5.74) is 1.13. The number of nitrogens with one attached hydrogen (secondary N) is 1. The molecule has 1 N–H and O–H groups in total. The first-order valence-corrected chi connectivity index (χ1v) is 8.95. The first-order valence-electron chi connectivity index (χ1n) is 8.95. The number of para-hydroxylation sites is 2. The van der Waals surface area contributed by atoms with Gasteiger partial charge in [-0.1, -0.05) is 48.9 Å². The van der Waals surface area contributed by atoms with E-state index < -0.39 is 0 Å². The van der Waals surface area contributed by atoms with E-state index in [9.17, 15) is 4.79 Å². The van der Waals surface area contributed by atoms with E-state index in [2.05, 4.69) is 17.4 Å². The predicted molar refractivity (Wildman–Crippen MR) is 97.8 cm³/mol. The number of benzene rings is 2. The normalized spacial score (nSPS) is 18.4. The molecule has 4 heteroatoms. The smallest absolute Gasteiger partial charge is 0.308 e. The van der Waals surface area contributed by atoms with Gasteiger partial charge in [0, 0.05) is 19.4 Å². The predicted octanol–water partition coefficient (Wildman–Crippen LogP) is 4.26. The van der Waals surface area contributed by atoms with Crippen LogP contribution < -0.4 is 14.8 Å². The van der Waals surface area contributed by atoms with E-state index in [0.717, 1.165) is 24.9 Å². The number of esters is 1. The zero-order valence-electron chi connectivity index (χ0n) is 14.6. The molecule has 4 nitrogen and oxygen atoms in total. The lowest BCUT2D eigenvalue weighted by atomic mass is 9.96. The molecule has 2 aromatic rings. The summed E-state index contributed by atoms with van der Waals surface area (Å²) in [7, 11) is 0. The Morgan fingerprint density at radius 3 is 2.48 bits per heavy atom. The molecule has 3 rings (SSSR count). The number of hydrogen-bond donors (Lipinski definition) is 1. The number of hydrogen-bond acceptors (Lipinski definition) is 4. The van der Waals surface area contributed by atoms with Gasteiger partial charge in [0.05, 0.1) is 0 Å². The summed E-state index contributed by atoms with van der Waals surface area (Å²) in [5, 5.41) is 3.59. The molecule has 0 aromatic heterocycles. The van der Waals surface area contributed by atoms with Gasteiger partial charge in [-0.2, -0.15) is 0 Å². The molecule has 0 radical (unpaired) electrons. The fraction of sp³-hybridized carbons (Fsp3) is 0.381. The minimum Gasteiger partial charge on any atom is -0.482 e. The monoisotopic (exact) mass is 339 g/mol. The van der Waals surface area contributed by atoms with Gasteiger partial charge in [-0.15, -0.1) is 0 Å². The van der Waals surface area contributed by atoms with Crippen LogP contribution in [0.1, 0.15) is 44.3 Å². The quantitative estimate of drug-likeness (QED) is 0.631. The Morgan fingerprint density at radius 1 is 1.08 bits per heavy atom. The highest BCUT2D eigenvalue weighted by Gasteiger charge is 2.22. The second kappa shape index (κ2) is 8.67. The third-order valence-electron chi connectivity index (χ3n) is 4.45. The third kappa shape index (κ3) is 5.07. The Labute approximate surface area is 149 Å². The zero-order valence-corrected chi connectivity index (χ0v) is 14.6. The van der Waals surface area contributed by atoms with Crippen LogP contribution in [-0.4, -0.2) is 18.6 Å². The SMILES string of the molecule is CC(=O)Oc1ccccc1OC(CC1CCCCN1)c1ccccc1. The highest BCUT2D eigenvalue weighted by Crippen LogP contribution is 2.33. The van der Waals surface area contributed by atoms with Crippen molar-refractivity contribution in [2.45, 2.75) is 44.8 Å². The summed E-state index contributed by atoms with van der Waals surface area (Å²) in [6.45, 7) is 2.47. The fourth-order valence-electron chi connectivity index (χ4n) is 3.24. The molecule has 0 amide bonds.